The zero-order chi connectivity index (χ0) is 26.2. The van der Waals surface area contributed by atoms with Gasteiger partial charge in [-0.3, -0.25) is 14.4 Å². The van der Waals surface area contributed by atoms with Gasteiger partial charge < -0.3 is 25.4 Å². The van der Waals surface area contributed by atoms with Gasteiger partial charge in [-0.15, -0.1) is 0 Å². The third-order valence-electron chi connectivity index (χ3n) is 6.76. The first-order chi connectivity index (χ1) is 17.8. The van der Waals surface area contributed by atoms with Crippen LogP contribution in [0.1, 0.15) is 25.7 Å². The summed E-state index contributed by atoms with van der Waals surface area (Å²) in [7, 11) is 1.42. The number of methoxy groups -OCH3 is 1. The molecule has 192 valence electrons. The van der Waals surface area contributed by atoms with Crippen LogP contribution in [0.4, 0.5) is 14.5 Å². The first-order valence-corrected chi connectivity index (χ1v) is 11.9. The van der Waals surface area contributed by atoms with Crippen LogP contribution in [0.3, 0.4) is 0 Å². The quantitative estimate of drug-likeness (QED) is 0.487. The molecule has 10 heteroatoms. The van der Waals surface area contributed by atoms with Crippen LogP contribution in [-0.2, 0) is 23.9 Å². The van der Waals surface area contributed by atoms with E-state index < -0.39 is 35.0 Å². The lowest BCUT2D eigenvalue weighted by Gasteiger charge is -2.30. The average molecular weight is 510 g/mol. The van der Waals surface area contributed by atoms with Crippen molar-refractivity contribution in [2.75, 3.05) is 12.4 Å². The maximum absolute atomic E-state index is 15.0. The Hall–Kier alpha value is -4.21. The second-order valence-corrected chi connectivity index (χ2v) is 9.24. The molecule has 8 nitrogen and oxygen atoms in total. The third kappa shape index (κ3) is 4.91. The summed E-state index contributed by atoms with van der Waals surface area (Å²) >= 11 is 0. The Morgan fingerprint density at radius 3 is 2.49 bits per heavy atom. The van der Waals surface area contributed by atoms with Gasteiger partial charge in [0.25, 0.3) is 0 Å². The highest BCUT2D eigenvalue weighted by atomic mass is 19.1. The van der Waals surface area contributed by atoms with E-state index in [0.717, 1.165) is 0 Å². The molecule has 3 aliphatic carbocycles. The Morgan fingerprint density at radius 2 is 1.81 bits per heavy atom. The molecule has 0 saturated heterocycles. The monoisotopic (exact) mass is 509 g/mol. The van der Waals surface area contributed by atoms with Gasteiger partial charge in [-0.1, -0.05) is 6.08 Å². The summed E-state index contributed by atoms with van der Waals surface area (Å²) in [5.41, 5.74) is 0.0627. The first-order valence-electron chi connectivity index (χ1n) is 11.9. The number of benzene rings is 1. The lowest BCUT2D eigenvalue weighted by molar-refractivity contribution is -0.133. The van der Waals surface area contributed by atoms with Crippen molar-refractivity contribution in [1.82, 2.24) is 10.6 Å². The number of ketones is 1. The minimum atomic E-state index is -1.25. The fourth-order valence-corrected chi connectivity index (χ4v) is 4.43. The van der Waals surface area contributed by atoms with Crippen molar-refractivity contribution >= 4 is 23.3 Å². The molecule has 1 aromatic carbocycles. The predicted molar refractivity (Wildman–Crippen MR) is 129 cm³/mol. The normalized spacial score (nSPS) is 23.5. The van der Waals surface area contributed by atoms with Gasteiger partial charge in [0.05, 0.1) is 13.2 Å². The highest BCUT2D eigenvalue weighted by molar-refractivity contribution is 6.13. The molecule has 5 rings (SSSR count). The van der Waals surface area contributed by atoms with Crippen LogP contribution in [0.5, 0.6) is 0 Å². The Morgan fingerprint density at radius 1 is 1.08 bits per heavy atom. The van der Waals surface area contributed by atoms with Crippen molar-refractivity contribution < 1.29 is 32.6 Å². The molecule has 3 N–H and O–H groups in total. The van der Waals surface area contributed by atoms with Gasteiger partial charge >= 0.3 is 0 Å². The molecule has 0 spiro atoms. The van der Waals surface area contributed by atoms with Crippen LogP contribution in [0, 0.1) is 11.2 Å². The van der Waals surface area contributed by atoms with Crippen molar-refractivity contribution in [3.63, 3.8) is 0 Å². The van der Waals surface area contributed by atoms with Gasteiger partial charge in [-0.2, -0.15) is 0 Å². The number of carbonyl (C=O) groups is 3. The molecule has 1 heterocycles. The van der Waals surface area contributed by atoms with Crippen molar-refractivity contribution in [3.05, 3.63) is 89.2 Å². The van der Waals surface area contributed by atoms with Crippen LogP contribution < -0.4 is 16.0 Å². The number of rotatable bonds is 7. The Bertz CT molecular complexity index is 1310. The number of anilines is 1. The maximum atomic E-state index is 15.0. The molecule has 2 amide bonds. The minimum Gasteiger partial charge on any atom is -0.493 e. The second kappa shape index (κ2) is 9.68. The van der Waals surface area contributed by atoms with Crippen LogP contribution in [0.2, 0.25) is 0 Å². The van der Waals surface area contributed by atoms with E-state index in [-0.39, 0.29) is 36.1 Å². The number of carbonyl (C=O) groups excluding carboxylic acids is 3. The van der Waals surface area contributed by atoms with Crippen LogP contribution in [-0.4, -0.2) is 36.9 Å². The zero-order valence-electron chi connectivity index (χ0n) is 20.0. The molecule has 4 aliphatic rings. The summed E-state index contributed by atoms with van der Waals surface area (Å²) in [4.78, 5) is 37.7. The van der Waals surface area contributed by atoms with Gasteiger partial charge in [0, 0.05) is 36.0 Å². The third-order valence-corrected chi connectivity index (χ3v) is 6.76. The molecule has 0 radical (unpaired) electrons. The number of allylic oxidation sites excluding steroid dienone is 3. The lowest BCUT2D eigenvalue weighted by Crippen LogP contribution is -2.40. The smallest absolute Gasteiger partial charge is 0.240 e. The number of dihydropyridines is 1. The largest absolute Gasteiger partial charge is 0.493 e. The van der Waals surface area contributed by atoms with Gasteiger partial charge in [0.2, 0.25) is 11.8 Å². The summed E-state index contributed by atoms with van der Waals surface area (Å²) in [6.45, 7) is 0. The number of Topliss-reactive ketones (excluding diaryl/α,β-unsaturated/α-hetero) is 1. The molecule has 0 aromatic heterocycles. The number of amides is 2. The van der Waals surface area contributed by atoms with Crippen LogP contribution in [0.15, 0.2) is 83.4 Å². The van der Waals surface area contributed by atoms with Gasteiger partial charge in [-0.25, -0.2) is 8.78 Å². The van der Waals surface area contributed by atoms with E-state index in [9.17, 15) is 18.8 Å². The molecular formula is C27H25F2N3O5. The summed E-state index contributed by atoms with van der Waals surface area (Å²) in [6.07, 6.45) is 7.86. The summed E-state index contributed by atoms with van der Waals surface area (Å²) in [5.74, 6) is -1.53. The molecule has 2 atom stereocenters. The summed E-state index contributed by atoms with van der Waals surface area (Å²) < 4.78 is 39.2. The standard InChI is InChI=1S/C27H25F2N3O5/c1-36-24-13-18-20(14-21(24)33)30-11-8-22(18)37-23-7-6-17(12-19(23)29)32-26(35)27(9-10-27)25(34)31-16-4-2-15(28)3-5-16/h2-6,8,11-13,20,23,30H,7,9-10,14H2,1H3,(H,31,34)(H,32,35). The number of halogens is 2. The van der Waals surface area contributed by atoms with E-state index in [1.54, 1.807) is 24.4 Å². The summed E-state index contributed by atoms with van der Waals surface area (Å²) in [6, 6.07) is 4.96. The zero-order valence-corrected chi connectivity index (χ0v) is 20.0. The molecule has 37 heavy (non-hydrogen) atoms. The Labute approximate surface area is 211 Å². The second-order valence-electron chi connectivity index (χ2n) is 9.24. The van der Waals surface area contributed by atoms with E-state index in [1.165, 1.54) is 37.5 Å². The van der Waals surface area contributed by atoms with E-state index in [1.807, 2.05) is 0 Å². The van der Waals surface area contributed by atoms with Gasteiger partial charge in [-0.05, 0) is 55.3 Å². The average Bonchev–Trinajstić information content (AvgIpc) is 3.69. The molecule has 2 unspecified atom stereocenters. The molecule has 1 aromatic rings. The Balaban J connectivity index is 1.23. The SMILES string of the molecule is COC1=CC2=C(OC3CC=C(NC(=O)C4(C(=O)Nc5ccc(F)cc5)CC4)C=C3F)C=CNC2CC1=O. The number of fused-ring (bicyclic) bond motifs is 1. The van der Waals surface area contributed by atoms with Crippen LogP contribution >= 0.6 is 0 Å². The van der Waals surface area contributed by atoms with E-state index in [0.29, 0.717) is 29.9 Å². The van der Waals surface area contributed by atoms with Crippen LogP contribution in [0.25, 0.3) is 0 Å². The molecular weight excluding hydrogens is 484 g/mol. The molecule has 1 fully saturated rings. The van der Waals surface area contributed by atoms with Crippen molar-refractivity contribution in [2.45, 2.75) is 37.8 Å². The van der Waals surface area contributed by atoms with Crippen molar-refractivity contribution in [2.24, 2.45) is 5.41 Å². The van der Waals surface area contributed by atoms with E-state index in [4.69, 9.17) is 9.47 Å². The fourth-order valence-electron chi connectivity index (χ4n) is 4.43. The summed E-state index contributed by atoms with van der Waals surface area (Å²) in [5, 5.41) is 8.38. The van der Waals surface area contributed by atoms with E-state index >= 15 is 4.39 Å². The topological polar surface area (TPSA) is 106 Å². The molecule has 1 saturated carbocycles. The van der Waals surface area contributed by atoms with E-state index in [2.05, 4.69) is 16.0 Å². The fraction of sp³-hybridized carbons (Fsp3) is 0.296. The minimum absolute atomic E-state index is 0.134. The number of hydrogen-bond acceptors (Lipinski definition) is 6. The molecule has 1 aliphatic heterocycles. The number of nitrogens with one attached hydrogen (secondary N) is 3. The predicted octanol–water partition coefficient (Wildman–Crippen LogP) is 3.43. The van der Waals surface area contributed by atoms with Crippen molar-refractivity contribution in [1.29, 1.82) is 0 Å². The lowest BCUT2D eigenvalue weighted by atomic mass is 9.91. The highest BCUT2D eigenvalue weighted by Crippen LogP contribution is 2.47. The first kappa shape index (κ1) is 24.5. The number of hydrogen-bond donors (Lipinski definition) is 3. The maximum Gasteiger partial charge on any atom is 0.240 e. The molecule has 0 bridgehead atoms. The van der Waals surface area contributed by atoms with Crippen molar-refractivity contribution in [3.8, 4) is 0 Å². The van der Waals surface area contributed by atoms with Gasteiger partial charge in [0.15, 0.2) is 17.6 Å². The van der Waals surface area contributed by atoms with Gasteiger partial charge in [0.1, 0.15) is 22.8 Å². The highest BCUT2D eigenvalue weighted by Gasteiger charge is 2.56. The Kier molecular flexibility index (Phi) is 6.41. The number of ether oxygens (including phenoxy) is 2.